The Labute approximate surface area is 111 Å². The number of halogens is 2. The van der Waals surface area contributed by atoms with E-state index in [-0.39, 0.29) is 17.7 Å². The highest BCUT2D eigenvalue weighted by Crippen LogP contribution is 2.22. The van der Waals surface area contributed by atoms with Crippen LogP contribution in [0.3, 0.4) is 0 Å². The molecule has 0 aliphatic rings. The average molecular weight is 266 g/mol. The smallest absolute Gasteiger partial charge is 0.142 e. The molecule has 1 atom stereocenters. The predicted molar refractivity (Wildman–Crippen MR) is 69.4 cm³/mol. The lowest BCUT2D eigenvalue weighted by atomic mass is 10.1. The Morgan fingerprint density at radius 3 is 2.68 bits per heavy atom. The number of carbonyl (C=O) groups excluding carboxylic acids is 1. The van der Waals surface area contributed by atoms with Crippen molar-refractivity contribution in [3.63, 3.8) is 0 Å². The normalized spacial score (nSPS) is 11.7. The molecule has 0 aliphatic carbocycles. The zero-order chi connectivity index (χ0) is 14.3. The Bertz CT molecular complexity index is 471. The summed E-state index contributed by atoms with van der Waals surface area (Å²) in [7, 11) is 0. The predicted octanol–water partition coefficient (Wildman–Crippen LogP) is 2.78. The van der Waals surface area contributed by atoms with Crippen LogP contribution in [0.15, 0.2) is 18.2 Å². The largest absolute Gasteiger partial charge is 0.359 e. The van der Waals surface area contributed by atoms with Crippen LogP contribution in [0.5, 0.6) is 0 Å². The molecule has 3 nitrogen and oxygen atoms in total. The first kappa shape index (κ1) is 15.1. The second kappa shape index (κ2) is 7.47. The Morgan fingerprint density at radius 1 is 1.47 bits per heavy atom. The lowest BCUT2D eigenvalue weighted by molar-refractivity contribution is -0.109. The molecule has 0 spiro atoms. The molecular weight excluding hydrogens is 250 g/mol. The minimum absolute atomic E-state index is 0.0644. The van der Waals surface area contributed by atoms with Crippen LogP contribution in [-0.4, -0.2) is 25.5 Å². The SMILES string of the molecule is CCC(C=O)N(CCF)c1ccc(C#N)c(CF)c1. The summed E-state index contributed by atoms with van der Waals surface area (Å²) in [5.41, 5.74) is 1.07. The Kier molecular flexibility index (Phi) is 5.94. The molecular formula is C14H16F2N2O. The molecule has 0 radical (unpaired) electrons. The average Bonchev–Trinajstić information content (AvgIpc) is 2.46. The lowest BCUT2D eigenvalue weighted by Gasteiger charge is -2.29. The molecule has 1 rings (SSSR count). The Hall–Kier alpha value is -1.96. The van der Waals surface area contributed by atoms with E-state index >= 15 is 0 Å². The van der Waals surface area contributed by atoms with E-state index < -0.39 is 19.4 Å². The van der Waals surface area contributed by atoms with E-state index in [2.05, 4.69) is 0 Å². The first-order valence-corrected chi connectivity index (χ1v) is 6.08. The second-order valence-corrected chi connectivity index (χ2v) is 4.08. The fourth-order valence-corrected chi connectivity index (χ4v) is 1.95. The van der Waals surface area contributed by atoms with Crippen molar-refractivity contribution >= 4 is 12.0 Å². The summed E-state index contributed by atoms with van der Waals surface area (Å²) >= 11 is 0. The van der Waals surface area contributed by atoms with E-state index in [1.807, 2.05) is 13.0 Å². The number of hydrogen-bond acceptors (Lipinski definition) is 3. The minimum atomic E-state index is -0.766. The molecule has 0 amide bonds. The summed E-state index contributed by atoms with van der Waals surface area (Å²) in [6.45, 7) is 0.520. The van der Waals surface area contributed by atoms with Crippen LogP contribution in [0.25, 0.3) is 0 Å². The highest BCUT2D eigenvalue weighted by atomic mass is 19.1. The summed E-state index contributed by atoms with van der Waals surface area (Å²) in [6, 6.07) is 6.06. The summed E-state index contributed by atoms with van der Waals surface area (Å²) in [5.74, 6) is 0. The molecule has 0 aromatic heterocycles. The molecule has 0 fully saturated rings. The van der Waals surface area contributed by atoms with Crippen LogP contribution in [0.2, 0.25) is 0 Å². The van der Waals surface area contributed by atoms with Gasteiger partial charge in [-0.2, -0.15) is 5.26 Å². The first-order chi connectivity index (χ1) is 9.21. The van der Waals surface area contributed by atoms with Gasteiger partial charge in [0.05, 0.1) is 17.7 Å². The van der Waals surface area contributed by atoms with Crippen LogP contribution in [0, 0.1) is 11.3 Å². The third-order valence-electron chi connectivity index (χ3n) is 2.99. The highest BCUT2D eigenvalue weighted by Gasteiger charge is 2.17. The van der Waals surface area contributed by atoms with Gasteiger partial charge < -0.3 is 9.69 Å². The van der Waals surface area contributed by atoms with Gasteiger partial charge in [-0.3, -0.25) is 0 Å². The number of rotatable bonds is 7. The zero-order valence-electron chi connectivity index (χ0n) is 10.8. The maximum atomic E-state index is 12.9. The standard InChI is InChI=1S/C14H16F2N2O/c1-2-13(10-19)18(6-5-15)14-4-3-11(9-17)12(7-14)8-16/h3-4,7,10,13H,2,5-6,8H2,1H3. The summed E-state index contributed by atoms with van der Waals surface area (Å²) in [4.78, 5) is 12.6. The first-order valence-electron chi connectivity index (χ1n) is 6.08. The lowest BCUT2D eigenvalue weighted by Crippen LogP contribution is -2.37. The topological polar surface area (TPSA) is 44.1 Å². The Balaban J connectivity index is 3.16. The summed E-state index contributed by atoms with van der Waals surface area (Å²) < 4.78 is 25.5. The molecule has 0 heterocycles. The van der Waals surface area contributed by atoms with E-state index in [0.29, 0.717) is 12.1 Å². The molecule has 1 unspecified atom stereocenters. The highest BCUT2D eigenvalue weighted by molar-refractivity contribution is 5.67. The van der Waals surface area contributed by atoms with Crippen LogP contribution < -0.4 is 4.90 Å². The third-order valence-corrected chi connectivity index (χ3v) is 2.99. The van der Waals surface area contributed by atoms with E-state index in [4.69, 9.17) is 5.26 Å². The van der Waals surface area contributed by atoms with E-state index in [1.54, 1.807) is 11.0 Å². The van der Waals surface area contributed by atoms with Crippen molar-refractivity contribution in [2.75, 3.05) is 18.1 Å². The number of hydrogen-bond donors (Lipinski definition) is 0. The summed E-state index contributed by atoms with van der Waals surface area (Å²) in [5, 5.41) is 8.84. The van der Waals surface area contributed by atoms with Gasteiger partial charge in [0.2, 0.25) is 0 Å². The van der Waals surface area contributed by atoms with Crippen LogP contribution in [0.1, 0.15) is 24.5 Å². The molecule has 1 aromatic carbocycles. The monoisotopic (exact) mass is 266 g/mol. The molecule has 0 aliphatic heterocycles. The third kappa shape index (κ3) is 3.50. The molecule has 1 aromatic rings. The number of nitriles is 1. The number of aldehydes is 1. The van der Waals surface area contributed by atoms with Crippen LogP contribution >= 0.6 is 0 Å². The molecule has 102 valence electrons. The maximum absolute atomic E-state index is 12.9. The van der Waals surface area contributed by atoms with Crippen molar-refractivity contribution in [3.8, 4) is 6.07 Å². The van der Waals surface area contributed by atoms with Gasteiger partial charge in [-0.1, -0.05) is 6.92 Å². The maximum Gasteiger partial charge on any atom is 0.142 e. The number of nitrogens with zero attached hydrogens (tertiary/aromatic N) is 2. The van der Waals surface area contributed by atoms with Gasteiger partial charge >= 0.3 is 0 Å². The van der Waals surface area contributed by atoms with Crippen molar-refractivity contribution in [1.82, 2.24) is 0 Å². The van der Waals surface area contributed by atoms with E-state index in [9.17, 15) is 13.6 Å². The van der Waals surface area contributed by atoms with Crippen molar-refractivity contribution < 1.29 is 13.6 Å². The fourth-order valence-electron chi connectivity index (χ4n) is 1.95. The van der Waals surface area contributed by atoms with Gasteiger partial charge in [0, 0.05) is 17.8 Å². The second-order valence-electron chi connectivity index (χ2n) is 4.08. The number of carbonyl (C=O) groups is 1. The molecule has 19 heavy (non-hydrogen) atoms. The summed E-state index contributed by atoms with van der Waals surface area (Å²) in [6.07, 6.45) is 1.29. The van der Waals surface area contributed by atoms with E-state index in [0.717, 1.165) is 6.29 Å². The molecule has 0 N–H and O–H groups in total. The van der Waals surface area contributed by atoms with Gasteiger partial charge in [-0.25, -0.2) is 8.78 Å². The number of anilines is 1. The number of benzene rings is 1. The van der Waals surface area contributed by atoms with Gasteiger partial charge in [-0.15, -0.1) is 0 Å². The van der Waals surface area contributed by atoms with Gasteiger partial charge in [0.1, 0.15) is 19.6 Å². The Morgan fingerprint density at radius 2 is 2.21 bits per heavy atom. The van der Waals surface area contributed by atoms with Crippen LogP contribution in [-0.2, 0) is 11.5 Å². The van der Waals surface area contributed by atoms with Crippen molar-refractivity contribution in [2.45, 2.75) is 26.1 Å². The van der Waals surface area contributed by atoms with E-state index in [1.165, 1.54) is 12.1 Å². The minimum Gasteiger partial charge on any atom is -0.359 e. The van der Waals surface area contributed by atoms with Crippen molar-refractivity contribution in [3.05, 3.63) is 29.3 Å². The van der Waals surface area contributed by atoms with Gasteiger partial charge in [-0.05, 0) is 24.6 Å². The molecule has 0 saturated heterocycles. The fraction of sp³-hybridized carbons (Fsp3) is 0.429. The molecule has 0 bridgehead atoms. The van der Waals surface area contributed by atoms with Crippen LogP contribution in [0.4, 0.5) is 14.5 Å². The zero-order valence-corrected chi connectivity index (χ0v) is 10.8. The molecule has 5 heteroatoms. The van der Waals surface area contributed by atoms with Gasteiger partial charge in [0.15, 0.2) is 0 Å². The number of alkyl halides is 2. The van der Waals surface area contributed by atoms with Gasteiger partial charge in [0.25, 0.3) is 0 Å². The quantitative estimate of drug-likeness (QED) is 0.713. The molecule has 0 saturated carbocycles. The van der Waals surface area contributed by atoms with Crippen molar-refractivity contribution in [1.29, 1.82) is 5.26 Å². The van der Waals surface area contributed by atoms with Crippen molar-refractivity contribution in [2.24, 2.45) is 0 Å².